The van der Waals surface area contributed by atoms with Crippen molar-refractivity contribution >= 4 is 28.8 Å². The van der Waals surface area contributed by atoms with E-state index >= 15 is 0 Å². The molecular weight excluding hydrogens is 314 g/mol. The lowest BCUT2D eigenvalue weighted by atomic mass is 10.0. The third-order valence-electron chi connectivity index (χ3n) is 3.65. The third kappa shape index (κ3) is 3.43. The third-order valence-corrected chi connectivity index (χ3v) is 3.89. The molecule has 0 bridgehead atoms. The van der Waals surface area contributed by atoms with E-state index in [2.05, 4.69) is 5.16 Å². The van der Waals surface area contributed by atoms with Crippen molar-refractivity contribution in [3.8, 4) is 0 Å². The number of halogens is 1. The van der Waals surface area contributed by atoms with E-state index in [9.17, 15) is 4.79 Å². The first-order chi connectivity index (χ1) is 11.2. The predicted molar refractivity (Wildman–Crippen MR) is 90.7 cm³/mol. The van der Waals surface area contributed by atoms with E-state index < -0.39 is 0 Å². The molecule has 0 amide bonds. The molecule has 0 radical (unpaired) electrons. The number of rotatable bonds is 4. The van der Waals surface area contributed by atoms with Crippen LogP contribution in [-0.2, 0) is 12.8 Å². The summed E-state index contributed by atoms with van der Waals surface area (Å²) in [6.45, 7) is 0. The summed E-state index contributed by atoms with van der Waals surface area (Å²) in [5.41, 5.74) is 2.69. The molecule has 0 atom stereocenters. The molecule has 3 aromatic rings. The molecule has 2 aromatic carbocycles. The Bertz CT molecular complexity index is 931. The second kappa shape index (κ2) is 6.67. The van der Waals surface area contributed by atoms with Gasteiger partial charge in [0.05, 0.1) is 17.2 Å². The second-order valence-electron chi connectivity index (χ2n) is 5.23. The first kappa shape index (κ1) is 15.3. The van der Waals surface area contributed by atoms with E-state index in [1.807, 2.05) is 36.4 Å². The molecule has 3 rings (SSSR count). The van der Waals surface area contributed by atoms with E-state index in [0.29, 0.717) is 11.0 Å². The van der Waals surface area contributed by atoms with Gasteiger partial charge in [-0.2, -0.15) is 0 Å². The highest BCUT2D eigenvalue weighted by molar-refractivity contribution is 6.30. The summed E-state index contributed by atoms with van der Waals surface area (Å²) in [4.78, 5) is 12.3. The SMILES string of the molecule is O=c1c(C=NO)coc2ccc(CCc3cccc(Cl)c3)cc12. The van der Waals surface area contributed by atoms with E-state index in [1.54, 1.807) is 6.07 Å². The van der Waals surface area contributed by atoms with E-state index in [4.69, 9.17) is 21.2 Å². The number of hydrogen-bond donors (Lipinski definition) is 1. The average Bonchev–Trinajstić information content (AvgIpc) is 2.56. The molecular formula is C18H14ClNO3. The van der Waals surface area contributed by atoms with Gasteiger partial charge in [-0.15, -0.1) is 0 Å². The molecule has 0 unspecified atom stereocenters. The molecule has 0 aliphatic heterocycles. The Morgan fingerprint density at radius 2 is 1.91 bits per heavy atom. The lowest BCUT2D eigenvalue weighted by molar-refractivity contribution is 0.321. The minimum absolute atomic E-state index is 0.214. The van der Waals surface area contributed by atoms with Crippen LogP contribution in [0.2, 0.25) is 5.02 Å². The zero-order chi connectivity index (χ0) is 16.2. The van der Waals surface area contributed by atoms with Gasteiger partial charge in [-0.1, -0.05) is 35.0 Å². The van der Waals surface area contributed by atoms with Crippen LogP contribution < -0.4 is 5.43 Å². The van der Waals surface area contributed by atoms with Gasteiger partial charge < -0.3 is 9.62 Å². The predicted octanol–water partition coefficient (Wildman–Crippen LogP) is 4.04. The van der Waals surface area contributed by atoms with Crippen molar-refractivity contribution in [2.45, 2.75) is 12.8 Å². The van der Waals surface area contributed by atoms with Crippen molar-refractivity contribution in [2.24, 2.45) is 5.16 Å². The maximum atomic E-state index is 12.3. The molecule has 0 saturated heterocycles. The highest BCUT2D eigenvalue weighted by atomic mass is 35.5. The standard InChI is InChI=1S/C18H14ClNO3/c19-15-3-1-2-12(8-15)4-5-13-6-7-17-16(9-13)18(21)14(10-20-22)11-23-17/h1-3,6-11,22H,4-5H2. The number of hydrogen-bond acceptors (Lipinski definition) is 4. The van der Waals surface area contributed by atoms with Crippen LogP contribution >= 0.6 is 11.6 Å². The van der Waals surface area contributed by atoms with Crippen LogP contribution in [0.15, 0.2) is 63.1 Å². The highest BCUT2D eigenvalue weighted by Crippen LogP contribution is 2.17. The zero-order valence-electron chi connectivity index (χ0n) is 12.2. The maximum absolute atomic E-state index is 12.3. The van der Waals surface area contributed by atoms with Gasteiger partial charge in [-0.25, -0.2) is 0 Å². The summed E-state index contributed by atoms with van der Waals surface area (Å²) >= 11 is 5.99. The van der Waals surface area contributed by atoms with Gasteiger partial charge in [0.2, 0.25) is 5.43 Å². The lowest BCUT2D eigenvalue weighted by Crippen LogP contribution is -2.08. The van der Waals surface area contributed by atoms with Gasteiger partial charge in [-0.05, 0) is 48.2 Å². The molecule has 116 valence electrons. The molecule has 0 spiro atoms. The smallest absolute Gasteiger partial charge is 0.201 e. The number of nitrogens with zero attached hydrogens (tertiary/aromatic N) is 1. The first-order valence-corrected chi connectivity index (χ1v) is 7.51. The van der Waals surface area contributed by atoms with Gasteiger partial charge in [0.15, 0.2) is 0 Å². The monoisotopic (exact) mass is 327 g/mol. The van der Waals surface area contributed by atoms with Gasteiger partial charge in [0.25, 0.3) is 0 Å². The van der Waals surface area contributed by atoms with E-state index in [1.165, 1.54) is 6.26 Å². The normalized spacial score (nSPS) is 11.3. The van der Waals surface area contributed by atoms with Crippen molar-refractivity contribution < 1.29 is 9.62 Å². The number of fused-ring (bicyclic) bond motifs is 1. The summed E-state index contributed by atoms with van der Waals surface area (Å²) in [6, 6.07) is 13.3. The summed E-state index contributed by atoms with van der Waals surface area (Å²) in [6.07, 6.45) is 3.98. The molecule has 23 heavy (non-hydrogen) atoms. The number of aryl methyl sites for hydroxylation is 2. The summed E-state index contributed by atoms with van der Waals surface area (Å²) in [7, 11) is 0. The minimum Gasteiger partial charge on any atom is -0.463 e. The topological polar surface area (TPSA) is 62.8 Å². The van der Waals surface area contributed by atoms with Crippen LogP contribution in [0.4, 0.5) is 0 Å². The minimum atomic E-state index is -0.214. The van der Waals surface area contributed by atoms with Crippen LogP contribution in [0.1, 0.15) is 16.7 Å². The van der Waals surface area contributed by atoms with Crippen LogP contribution in [0.25, 0.3) is 11.0 Å². The van der Waals surface area contributed by atoms with Crippen molar-refractivity contribution in [1.82, 2.24) is 0 Å². The molecule has 1 aromatic heterocycles. The fourth-order valence-corrected chi connectivity index (χ4v) is 2.69. The quantitative estimate of drug-likeness (QED) is 0.447. The average molecular weight is 328 g/mol. The summed E-state index contributed by atoms with van der Waals surface area (Å²) in [5.74, 6) is 0. The fraction of sp³-hybridized carbons (Fsp3) is 0.111. The Morgan fingerprint density at radius 3 is 2.65 bits per heavy atom. The molecule has 1 heterocycles. The van der Waals surface area contributed by atoms with E-state index in [0.717, 1.165) is 35.2 Å². The highest BCUT2D eigenvalue weighted by Gasteiger charge is 2.07. The van der Waals surface area contributed by atoms with Crippen molar-refractivity contribution in [1.29, 1.82) is 0 Å². The van der Waals surface area contributed by atoms with Crippen molar-refractivity contribution in [2.75, 3.05) is 0 Å². The zero-order valence-corrected chi connectivity index (χ0v) is 13.0. The van der Waals surface area contributed by atoms with Crippen molar-refractivity contribution in [3.63, 3.8) is 0 Å². The molecule has 5 heteroatoms. The van der Waals surface area contributed by atoms with Crippen LogP contribution in [-0.4, -0.2) is 11.4 Å². The Balaban J connectivity index is 1.90. The van der Waals surface area contributed by atoms with Crippen LogP contribution in [0.5, 0.6) is 0 Å². The Hall–Kier alpha value is -2.59. The maximum Gasteiger partial charge on any atom is 0.201 e. The summed E-state index contributed by atoms with van der Waals surface area (Å²) < 4.78 is 5.39. The Labute approximate surface area is 137 Å². The molecule has 0 aliphatic rings. The largest absolute Gasteiger partial charge is 0.463 e. The van der Waals surface area contributed by atoms with Crippen LogP contribution in [0.3, 0.4) is 0 Å². The van der Waals surface area contributed by atoms with Gasteiger partial charge in [-0.3, -0.25) is 4.79 Å². The van der Waals surface area contributed by atoms with Gasteiger partial charge >= 0.3 is 0 Å². The summed E-state index contributed by atoms with van der Waals surface area (Å²) in [5, 5.41) is 12.7. The molecule has 0 aliphatic carbocycles. The Morgan fingerprint density at radius 1 is 1.13 bits per heavy atom. The first-order valence-electron chi connectivity index (χ1n) is 7.13. The van der Waals surface area contributed by atoms with E-state index in [-0.39, 0.29) is 11.0 Å². The van der Waals surface area contributed by atoms with Gasteiger partial charge in [0.1, 0.15) is 11.8 Å². The Kier molecular flexibility index (Phi) is 4.44. The molecule has 0 saturated carbocycles. The lowest BCUT2D eigenvalue weighted by Gasteiger charge is -2.05. The number of benzene rings is 2. The second-order valence-corrected chi connectivity index (χ2v) is 5.66. The van der Waals surface area contributed by atoms with Gasteiger partial charge in [0, 0.05) is 5.02 Å². The molecule has 4 nitrogen and oxygen atoms in total. The fourth-order valence-electron chi connectivity index (χ4n) is 2.48. The van der Waals surface area contributed by atoms with Crippen LogP contribution in [0, 0.1) is 0 Å². The van der Waals surface area contributed by atoms with Crippen molar-refractivity contribution in [3.05, 3.63) is 80.7 Å². The molecule has 1 N–H and O–H groups in total. The molecule has 0 fully saturated rings. The number of oxime groups is 1.